The normalized spacial score (nSPS) is 16.8. The zero-order valence-electron chi connectivity index (χ0n) is 23.8. The number of rotatable bonds is 8. The van der Waals surface area contributed by atoms with E-state index in [0.29, 0.717) is 0 Å². The number of hydrogen-bond acceptors (Lipinski definition) is 2. The Morgan fingerprint density at radius 2 is 1.52 bits per heavy atom. The van der Waals surface area contributed by atoms with Gasteiger partial charge in [-0.2, -0.15) is 0 Å². The lowest BCUT2D eigenvalue weighted by Gasteiger charge is -2.27. The molecular weight excluding hydrogens is 484 g/mol. The van der Waals surface area contributed by atoms with Crippen LogP contribution in [0.15, 0.2) is 138 Å². The molecule has 0 heterocycles. The minimum Gasteiger partial charge on any atom is -0.381 e. The molecule has 0 bridgehead atoms. The van der Waals surface area contributed by atoms with Crippen LogP contribution in [0.3, 0.4) is 0 Å². The van der Waals surface area contributed by atoms with Crippen molar-refractivity contribution in [3.63, 3.8) is 0 Å². The monoisotopic (exact) mass is 522 g/mol. The van der Waals surface area contributed by atoms with Crippen molar-refractivity contribution in [2.75, 3.05) is 18.9 Å². The van der Waals surface area contributed by atoms with E-state index in [2.05, 4.69) is 140 Å². The fourth-order valence-corrected chi connectivity index (χ4v) is 6.50. The Labute approximate surface area is 238 Å². The van der Waals surface area contributed by atoms with Crippen molar-refractivity contribution >= 4 is 22.0 Å². The Hall–Kier alpha value is -4.14. The molecule has 2 aliphatic carbocycles. The summed E-state index contributed by atoms with van der Waals surface area (Å²) in [5, 5.41) is 9.80. The number of likely N-dealkylation sites (N-methyl/N-ethyl adjacent to an activating group) is 1. The van der Waals surface area contributed by atoms with E-state index in [1.807, 2.05) is 7.05 Å². The molecule has 1 unspecified atom stereocenters. The van der Waals surface area contributed by atoms with E-state index in [9.17, 15) is 0 Å². The maximum Gasteiger partial charge on any atom is 0.0568 e. The highest BCUT2D eigenvalue weighted by molar-refractivity contribution is 5.93. The standard InChI is InChI=1S/C38H38N2/c1-26(37(39-4)27-13-7-5-8-14-27)21-31(25-40-32-17-9-6-10-18-32)30-19-20-33-34-22-28-15-11-12-16-29(28)23-36(34)38(2,3)35(33)24-30/h5-18,21-24,37,39-40H,1,19-20,25H2,2-4H3/b31-21+. The van der Waals surface area contributed by atoms with Gasteiger partial charge in [-0.15, -0.1) is 0 Å². The van der Waals surface area contributed by atoms with Crippen LogP contribution < -0.4 is 10.6 Å². The lowest BCUT2D eigenvalue weighted by molar-refractivity contribution is 0.650. The summed E-state index contributed by atoms with van der Waals surface area (Å²) in [6.07, 6.45) is 6.88. The van der Waals surface area contributed by atoms with Gasteiger partial charge in [-0.1, -0.05) is 105 Å². The highest BCUT2D eigenvalue weighted by Gasteiger charge is 2.38. The second kappa shape index (κ2) is 10.8. The second-order valence-electron chi connectivity index (χ2n) is 11.5. The highest BCUT2D eigenvalue weighted by atomic mass is 14.9. The van der Waals surface area contributed by atoms with Gasteiger partial charge in [-0.25, -0.2) is 0 Å². The molecule has 2 N–H and O–H groups in total. The van der Waals surface area contributed by atoms with Gasteiger partial charge in [0.2, 0.25) is 0 Å². The van der Waals surface area contributed by atoms with Crippen LogP contribution in [0.5, 0.6) is 0 Å². The Bertz CT molecular complexity index is 1650. The summed E-state index contributed by atoms with van der Waals surface area (Å²) < 4.78 is 0. The molecule has 6 rings (SSSR count). The predicted octanol–water partition coefficient (Wildman–Crippen LogP) is 9.16. The van der Waals surface area contributed by atoms with Crippen molar-refractivity contribution in [2.24, 2.45) is 0 Å². The van der Waals surface area contributed by atoms with Crippen molar-refractivity contribution in [1.82, 2.24) is 5.32 Å². The fourth-order valence-electron chi connectivity index (χ4n) is 6.50. The van der Waals surface area contributed by atoms with Crippen LogP contribution in [-0.4, -0.2) is 13.6 Å². The summed E-state index contributed by atoms with van der Waals surface area (Å²) in [6, 6.07) is 34.7. The van der Waals surface area contributed by atoms with Crippen LogP contribution in [0.25, 0.3) is 16.3 Å². The van der Waals surface area contributed by atoms with Crippen LogP contribution in [0.2, 0.25) is 0 Å². The molecule has 0 saturated heterocycles. The molecule has 0 radical (unpaired) electrons. The van der Waals surface area contributed by atoms with E-state index >= 15 is 0 Å². The van der Waals surface area contributed by atoms with Crippen molar-refractivity contribution < 1.29 is 0 Å². The first-order valence-electron chi connectivity index (χ1n) is 14.3. The molecule has 0 saturated carbocycles. The molecule has 0 aliphatic heterocycles. The number of fused-ring (bicyclic) bond motifs is 3. The fraction of sp³-hybridized carbons (Fsp3) is 0.211. The maximum atomic E-state index is 4.54. The molecule has 0 spiro atoms. The van der Waals surface area contributed by atoms with Crippen LogP contribution in [0, 0.1) is 0 Å². The van der Waals surface area contributed by atoms with Gasteiger partial charge in [0.05, 0.1) is 6.04 Å². The first-order valence-corrected chi connectivity index (χ1v) is 14.3. The Kier molecular flexibility index (Phi) is 7.04. The van der Waals surface area contributed by atoms with Crippen LogP contribution >= 0.6 is 0 Å². The number of allylic oxidation sites excluding steroid dienone is 3. The number of para-hydroxylation sites is 1. The van der Waals surface area contributed by atoms with E-state index in [1.165, 1.54) is 49.8 Å². The van der Waals surface area contributed by atoms with Crippen molar-refractivity contribution in [3.05, 3.63) is 155 Å². The predicted molar refractivity (Wildman–Crippen MR) is 172 cm³/mol. The van der Waals surface area contributed by atoms with Gasteiger partial charge >= 0.3 is 0 Å². The van der Waals surface area contributed by atoms with E-state index in [4.69, 9.17) is 0 Å². The van der Waals surface area contributed by atoms with Crippen molar-refractivity contribution in [2.45, 2.75) is 38.1 Å². The molecular formula is C38H38N2. The summed E-state index contributed by atoms with van der Waals surface area (Å²) in [5.41, 5.74) is 11.9. The van der Waals surface area contributed by atoms with Gasteiger partial charge in [0.1, 0.15) is 0 Å². The third kappa shape index (κ3) is 4.85. The minimum atomic E-state index is -0.0348. The van der Waals surface area contributed by atoms with Crippen molar-refractivity contribution in [3.8, 4) is 0 Å². The molecule has 2 nitrogen and oxygen atoms in total. The Morgan fingerprint density at radius 3 is 2.23 bits per heavy atom. The van der Waals surface area contributed by atoms with Gasteiger partial charge in [-0.05, 0) is 99.5 Å². The van der Waals surface area contributed by atoms with Crippen LogP contribution in [0.1, 0.15) is 49.4 Å². The first-order chi connectivity index (χ1) is 19.5. The smallest absolute Gasteiger partial charge is 0.0568 e. The number of hydrogen-bond donors (Lipinski definition) is 2. The summed E-state index contributed by atoms with van der Waals surface area (Å²) in [6.45, 7) is 10.1. The molecule has 0 fully saturated rings. The minimum absolute atomic E-state index is 0.0348. The highest BCUT2D eigenvalue weighted by Crippen LogP contribution is 2.52. The summed E-state index contributed by atoms with van der Waals surface area (Å²) in [5.74, 6) is 0. The average molecular weight is 523 g/mol. The molecule has 4 aromatic carbocycles. The first kappa shape index (κ1) is 26.1. The SMILES string of the molecule is C=C(/C=C(\CNc1ccccc1)C1=CC2=C(CC1)c1cc3ccccc3cc1C2(C)C)C(NC)c1ccccc1. The zero-order valence-corrected chi connectivity index (χ0v) is 23.8. The lowest BCUT2D eigenvalue weighted by Crippen LogP contribution is -2.19. The summed E-state index contributed by atoms with van der Waals surface area (Å²) in [7, 11) is 2.01. The number of benzene rings is 4. The molecule has 4 aromatic rings. The van der Waals surface area contributed by atoms with E-state index in [1.54, 1.807) is 0 Å². The van der Waals surface area contributed by atoms with E-state index < -0.39 is 0 Å². The third-order valence-electron chi connectivity index (χ3n) is 8.67. The lowest BCUT2D eigenvalue weighted by atomic mass is 9.77. The Balaban J connectivity index is 1.39. The molecule has 200 valence electrons. The van der Waals surface area contributed by atoms with Crippen LogP contribution in [-0.2, 0) is 5.41 Å². The molecule has 0 aromatic heterocycles. The molecule has 1 atom stereocenters. The second-order valence-corrected chi connectivity index (χ2v) is 11.5. The summed E-state index contributed by atoms with van der Waals surface area (Å²) in [4.78, 5) is 0. The quantitative estimate of drug-likeness (QED) is 0.225. The molecule has 0 amide bonds. The van der Waals surface area contributed by atoms with Crippen LogP contribution in [0.4, 0.5) is 5.69 Å². The van der Waals surface area contributed by atoms with Gasteiger partial charge in [0.15, 0.2) is 0 Å². The zero-order chi connectivity index (χ0) is 27.7. The third-order valence-corrected chi connectivity index (χ3v) is 8.67. The summed E-state index contributed by atoms with van der Waals surface area (Å²) >= 11 is 0. The number of anilines is 1. The van der Waals surface area contributed by atoms with E-state index in [0.717, 1.165) is 30.6 Å². The maximum absolute atomic E-state index is 4.54. The molecule has 2 heteroatoms. The number of nitrogens with one attached hydrogen (secondary N) is 2. The van der Waals surface area contributed by atoms with Gasteiger partial charge in [0.25, 0.3) is 0 Å². The van der Waals surface area contributed by atoms with Gasteiger partial charge in [0, 0.05) is 17.6 Å². The van der Waals surface area contributed by atoms with E-state index in [-0.39, 0.29) is 11.5 Å². The molecule has 40 heavy (non-hydrogen) atoms. The van der Waals surface area contributed by atoms with Crippen molar-refractivity contribution in [1.29, 1.82) is 0 Å². The average Bonchev–Trinajstić information content (AvgIpc) is 3.20. The Morgan fingerprint density at radius 1 is 0.875 bits per heavy atom. The van der Waals surface area contributed by atoms with Gasteiger partial charge < -0.3 is 10.6 Å². The van der Waals surface area contributed by atoms with Gasteiger partial charge in [-0.3, -0.25) is 0 Å². The molecule has 2 aliphatic rings. The largest absolute Gasteiger partial charge is 0.381 e. The topological polar surface area (TPSA) is 24.1 Å².